The van der Waals surface area contributed by atoms with Crippen molar-refractivity contribution < 1.29 is 4.79 Å². The number of hydrogen-bond donors (Lipinski definition) is 2. The standard InChI is InChI=1S/C13H19N3O/c1-16(12-6-4-11(14)5-7-12)13(17)10-3-2-8-15-9-10/h4-7,10,15H,2-3,8-9,14H2,1H3/t10-/m0/s1. The lowest BCUT2D eigenvalue weighted by atomic mass is 9.98. The molecular weight excluding hydrogens is 214 g/mol. The summed E-state index contributed by atoms with van der Waals surface area (Å²) in [6.45, 7) is 1.81. The first-order valence-corrected chi connectivity index (χ1v) is 6.02. The zero-order valence-corrected chi connectivity index (χ0v) is 10.1. The van der Waals surface area contributed by atoms with E-state index >= 15 is 0 Å². The summed E-state index contributed by atoms with van der Waals surface area (Å²) in [5, 5.41) is 3.26. The Kier molecular flexibility index (Phi) is 3.64. The zero-order valence-electron chi connectivity index (χ0n) is 10.1. The fraction of sp³-hybridized carbons (Fsp3) is 0.462. The van der Waals surface area contributed by atoms with E-state index in [2.05, 4.69) is 5.32 Å². The van der Waals surface area contributed by atoms with Crippen molar-refractivity contribution in [3.05, 3.63) is 24.3 Å². The molecule has 92 valence electrons. The molecule has 0 unspecified atom stereocenters. The van der Waals surface area contributed by atoms with Crippen molar-refractivity contribution in [2.75, 3.05) is 30.8 Å². The van der Waals surface area contributed by atoms with Crippen LogP contribution < -0.4 is 16.0 Å². The molecule has 1 amide bonds. The van der Waals surface area contributed by atoms with E-state index in [1.54, 1.807) is 4.90 Å². The Morgan fingerprint density at radius 1 is 1.41 bits per heavy atom. The summed E-state index contributed by atoms with van der Waals surface area (Å²) in [7, 11) is 1.82. The monoisotopic (exact) mass is 233 g/mol. The molecule has 1 aromatic carbocycles. The van der Waals surface area contributed by atoms with Crippen LogP contribution in [0.3, 0.4) is 0 Å². The Balaban J connectivity index is 2.05. The van der Waals surface area contributed by atoms with Gasteiger partial charge in [-0.05, 0) is 43.7 Å². The number of piperidine rings is 1. The fourth-order valence-corrected chi connectivity index (χ4v) is 2.16. The normalized spacial score (nSPS) is 19.9. The molecule has 0 spiro atoms. The molecule has 0 radical (unpaired) electrons. The van der Waals surface area contributed by atoms with Gasteiger partial charge in [0.15, 0.2) is 0 Å². The molecule has 1 atom stereocenters. The van der Waals surface area contributed by atoms with Crippen LogP contribution in [0.25, 0.3) is 0 Å². The van der Waals surface area contributed by atoms with Crippen molar-refractivity contribution in [2.24, 2.45) is 5.92 Å². The number of anilines is 2. The van der Waals surface area contributed by atoms with Crippen LogP contribution in [0.1, 0.15) is 12.8 Å². The minimum absolute atomic E-state index is 0.103. The number of nitrogen functional groups attached to an aromatic ring is 1. The molecule has 0 aliphatic carbocycles. The maximum atomic E-state index is 12.2. The van der Waals surface area contributed by atoms with E-state index in [-0.39, 0.29) is 11.8 Å². The Morgan fingerprint density at radius 2 is 2.12 bits per heavy atom. The van der Waals surface area contributed by atoms with Gasteiger partial charge in [-0.25, -0.2) is 0 Å². The van der Waals surface area contributed by atoms with Gasteiger partial charge in [-0.1, -0.05) is 0 Å². The molecule has 3 N–H and O–H groups in total. The predicted octanol–water partition coefficient (Wildman–Crippen LogP) is 1.23. The van der Waals surface area contributed by atoms with Crippen molar-refractivity contribution in [1.82, 2.24) is 5.32 Å². The third kappa shape index (κ3) is 2.77. The molecule has 1 aliphatic heterocycles. The summed E-state index contributed by atoms with van der Waals surface area (Å²) in [6, 6.07) is 7.39. The van der Waals surface area contributed by atoms with Crippen molar-refractivity contribution in [2.45, 2.75) is 12.8 Å². The first-order chi connectivity index (χ1) is 8.18. The number of rotatable bonds is 2. The number of carbonyl (C=O) groups is 1. The lowest BCUT2D eigenvalue weighted by Crippen LogP contribution is -2.41. The third-order valence-electron chi connectivity index (χ3n) is 3.26. The van der Waals surface area contributed by atoms with E-state index in [9.17, 15) is 4.79 Å². The van der Waals surface area contributed by atoms with Gasteiger partial charge in [-0.3, -0.25) is 4.79 Å². The minimum Gasteiger partial charge on any atom is -0.399 e. The van der Waals surface area contributed by atoms with Gasteiger partial charge in [-0.2, -0.15) is 0 Å². The summed E-state index contributed by atoms with van der Waals surface area (Å²) in [5.74, 6) is 0.285. The third-order valence-corrected chi connectivity index (χ3v) is 3.26. The highest BCUT2D eigenvalue weighted by Gasteiger charge is 2.24. The maximum absolute atomic E-state index is 12.2. The van der Waals surface area contributed by atoms with Crippen LogP contribution in [-0.2, 0) is 4.79 Å². The maximum Gasteiger partial charge on any atom is 0.231 e. The van der Waals surface area contributed by atoms with Gasteiger partial charge in [0.25, 0.3) is 0 Å². The number of nitrogens with two attached hydrogens (primary N) is 1. The van der Waals surface area contributed by atoms with Crippen LogP contribution in [-0.4, -0.2) is 26.0 Å². The molecule has 2 rings (SSSR count). The number of nitrogens with zero attached hydrogens (tertiary/aromatic N) is 1. The Bertz CT molecular complexity index is 382. The first kappa shape index (κ1) is 11.9. The van der Waals surface area contributed by atoms with Crippen molar-refractivity contribution in [3.63, 3.8) is 0 Å². The number of hydrogen-bond acceptors (Lipinski definition) is 3. The van der Waals surface area contributed by atoms with E-state index in [0.717, 1.165) is 31.6 Å². The average Bonchev–Trinajstić information content (AvgIpc) is 2.39. The second kappa shape index (κ2) is 5.19. The summed E-state index contributed by atoms with van der Waals surface area (Å²) in [5.41, 5.74) is 7.25. The summed E-state index contributed by atoms with van der Waals surface area (Å²) in [6.07, 6.45) is 2.05. The highest BCUT2D eigenvalue weighted by molar-refractivity contribution is 5.94. The van der Waals surface area contributed by atoms with Crippen LogP contribution in [0.2, 0.25) is 0 Å². The van der Waals surface area contributed by atoms with E-state index in [4.69, 9.17) is 5.73 Å². The molecule has 17 heavy (non-hydrogen) atoms. The van der Waals surface area contributed by atoms with Gasteiger partial charge < -0.3 is 16.0 Å². The second-order valence-electron chi connectivity index (χ2n) is 4.53. The summed E-state index contributed by atoms with van der Waals surface area (Å²) >= 11 is 0. The zero-order chi connectivity index (χ0) is 12.3. The molecule has 4 nitrogen and oxygen atoms in total. The fourth-order valence-electron chi connectivity index (χ4n) is 2.16. The summed E-state index contributed by atoms with van der Waals surface area (Å²) in [4.78, 5) is 14.0. The quantitative estimate of drug-likeness (QED) is 0.755. The van der Waals surface area contributed by atoms with Crippen LogP contribution in [0.15, 0.2) is 24.3 Å². The molecule has 0 bridgehead atoms. The number of benzene rings is 1. The van der Waals surface area contributed by atoms with Crippen LogP contribution >= 0.6 is 0 Å². The number of amides is 1. The number of nitrogens with one attached hydrogen (secondary N) is 1. The Labute approximate surface area is 102 Å². The summed E-state index contributed by atoms with van der Waals surface area (Å²) < 4.78 is 0. The molecule has 0 aromatic heterocycles. The van der Waals surface area contributed by atoms with E-state index < -0.39 is 0 Å². The topological polar surface area (TPSA) is 58.4 Å². The van der Waals surface area contributed by atoms with E-state index in [0.29, 0.717) is 5.69 Å². The molecule has 1 aliphatic rings. The average molecular weight is 233 g/mol. The van der Waals surface area contributed by atoms with Gasteiger partial charge >= 0.3 is 0 Å². The molecule has 1 heterocycles. The Hall–Kier alpha value is -1.55. The molecule has 1 aromatic rings. The SMILES string of the molecule is CN(C(=O)[C@H]1CCCNC1)c1ccc(N)cc1. The largest absolute Gasteiger partial charge is 0.399 e. The molecule has 1 fully saturated rings. The van der Waals surface area contributed by atoms with Gasteiger partial charge in [0.2, 0.25) is 5.91 Å². The molecule has 0 saturated carbocycles. The smallest absolute Gasteiger partial charge is 0.231 e. The second-order valence-corrected chi connectivity index (χ2v) is 4.53. The van der Waals surface area contributed by atoms with Crippen molar-refractivity contribution in [3.8, 4) is 0 Å². The lowest BCUT2D eigenvalue weighted by molar-refractivity contribution is -0.122. The van der Waals surface area contributed by atoms with Crippen LogP contribution in [0.5, 0.6) is 0 Å². The number of carbonyl (C=O) groups excluding carboxylic acids is 1. The van der Waals surface area contributed by atoms with Crippen LogP contribution in [0.4, 0.5) is 11.4 Å². The van der Waals surface area contributed by atoms with E-state index in [1.807, 2.05) is 31.3 Å². The van der Waals surface area contributed by atoms with Gasteiger partial charge in [0.1, 0.15) is 0 Å². The lowest BCUT2D eigenvalue weighted by Gasteiger charge is -2.27. The Morgan fingerprint density at radius 3 is 2.71 bits per heavy atom. The minimum atomic E-state index is 0.103. The van der Waals surface area contributed by atoms with Gasteiger partial charge in [0.05, 0.1) is 5.92 Å². The highest BCUT2D eigenvalue weighted by Crippen LogP contribution is 2.19. The van der Waals surface area contributed by atoms with E-state index in [1.165, 1.54) is 0 Å². The highest BCUT2D eigenvalue weighted by atomic mass is 16.2. The molecule has 4 heteroatoms. The van der Waals surface area contributed by atoms with Gasteiger partial charge in [-0.15, -0.1) is 0 Å². The molecular formula is C13H19N3O. The van der Waals surface area contributed by atoms with Crippen LogP contribution in [0, 0.1) is 5.92 Å². The van der Waals surface area contributed by atoms with Gasteiger partial charge in [0, 0.05) is 25.0 Å². The van der Waals surface area contributed by atoms with Crippen molar-refractivity contribution in [1.29, 1.82) is 0 Å². The molecule has 1 saturated heterocycles. The van der Waals surface area contributed by atoms with Crippen molar-refractivity contribution >= 4 is 17.3 Å². The predicted molar refractivity (Wildman–Crippen MR) is 69.9 cm³/mol. The first-order valence-electron chi connectivity index (χ1n) is 6.02.